The number of hydrogen-bond donors (Lipinski definition) is 1. The minimum absolute atomic E-state index is 0.0378. The molecule has 0 radical (unpaired) electrons. The number of fused-ring (bicyclic) bond motifs is 1. The number of thiophene rings is 1. The summed E-state index contributed by atoms with van der Waals surface area (Å²) in [5.74, 6) is -3.01. The normalized spacial score (nSPS) is 13.9. The highest BCUT2D eigenvalue weighted by Gasteiger charge is 2.44. The van der Waals surface area contributed by atoms with Gasteiger partial charge in [-0.05, 0) is 48.1 Å². The average Bonchev–Trinajstić information content (AvgIpc) is 3.17. The maximum Gasteiger partial charge on any atom is 0.299 e. The smallest absolute Gasteiger partial charge is 0.196 e. The maximum absolute atomic E-state index is 14.6. The first kappa shape index (κ1) is 21.4. The second kappa shape index (κ2) is 9.16. The van der Waals surface area contributed by atoms with Gasteiger partial charge in [0, 0.05) is 20.9 Å². The highest BCUT2D eigenvalue weighted by molar-refractivity contribution is 7.79. The molecule has 0 saturated heterocycles. The second-order valence-electron chi connectivity index (χ2n) is 4.98. The van der Waals surface area contributed by atoms with E-state index in [9.17, 15) is 8.78 Å². The number of benzene rings is 1. The quantitative estimate of drug-likeness (QED) is 0.524. The Morgan fingerprint density at radius 3 is 2.16 bits per heavy atom. The van der Waals surface area contributed by atoms with Crippen molar-refractivity contribution < 1.29 is 8.78 Å². The zero-order chi connectivity index (χ0) is 19.2. The molecule has 0 nitrogen and oxygen atoms in total. The molecule has 1 aliphatic rings. The second-order valence-corrected chi connectivity index (χ2v) is 6.27. The topological polar surface area (TPSA) is 0 Å². The number of allylic oxidation sites excluding steroid dienone is 4. The lowest BCUT2D eigenvalue weighted by molar-refractivity contribution is 0.0461. The first-order valence-electron chi connectivity index (χ1n) is 8.03. The van der Waals surface area contributed by atoms with Crippen molar-refractivity contribution >= 4 is 29.5 Å². The predicted octanol–water partition coefficient (Wildman–Crippen LogP) is 7.53. The summed E-state index contributed by atoms with van der Waals surface area (Å²) >= 11 is 5.13. The van der Waals surface area contributed by atoms with E-state index in [4.69, 9.17) is 0 Å². The van der Waals surface area contributed by atoms with E-state index in [-0.39, 0.29) is 11.1 Å². The van der Waals surface area contributed by atoms with Gasteiger partial charge in [-0.3, -0.25) is 0 Å². The van der Waals surface area contributed by atoms with Crippen molar-refractivity contribution in [3.63, 3.8) is 0 Å². The first-order valence-corrected chi connectivity index (χ1v) is 9.74. The van der Waals surface area contributed by atoms with E-state index in [2.05, 4.69) is 25.8 Å². The fraction of sp³-hybridized carbons (Fsp3) is 0.238. The third-order valence-corrected chi connectivity index (χ3v) is 4.76. The van der Waals surface area contributed by atoms with Crippen molar-refractivity contribution in [1.29, 1.82) is 0 Å². The van der Waals surface area contributed by atoms with Gasteiger partial charge >= 0.3 is 0 Å². The number of halogens is 2. The molecule has 3 rings (SSSR count). The first-order chi connectivity index (χ1) is 12.0. The largest absolute Gasteiger partial charge is 0.299 e. The molecule has 0 aliphatic heterocycles. The molecule has 134 valence electrons. The number of hydrogen-bond acceptors (Lipinski definition) is 2. The molecular formula is C21H24F2S2. The lowest BCUT2D eigenvalue weighted by atomic mass is 10.0. The van der Waals surface area contributed by atoms with Crippen LogP contribution in [0.5, 0.6) is 0 Å². The number of alkyl halides is 2. The fourth-order valence-corrected chi connectivity index (χ4v) is 3.56. The molecule has 1 aliphatic carbocycles. The summed E-state index contributed by atoms with van der Waals surface area (Å²) < 4.78 is 29.1. The van der Waals surface area contributed by atoms with Crippen LogP contribution in [-0.2, 0) is 5.92 Å². The highest BCUT2D eigenvalue weighted by Crippen LogP contribution is 2.50. The van der Waals surface area contributed by atoms with E-state index in [1.165, 1.54) is 12.2 Å². The van der Waals surface area contributed by atoms with Crippen molar-refractivity contribution in [2.75, 3.05) is 6.26 Å². The molecule has 0 bridgehead atoms. The van der Waals surface area contributed by atoms with E-state index < -0.39 is 5.92 Å². The van der Waals surface area contributed by atoms with Gasteiger partial charge in [0.2, 0.25) is 0 Å². The molecule has 0 N–H and O–H groups in total. The minimum Gasteiger partial charge on any atom is -0.196 e. The van der Waals surface area contributed by atoms with Crippen LogP contribution in [0.25, 0.3) is 16.0 Å². The third-order valence-electron chi connectivity index (χ3n) is 3.71. The summed E-state index contributed by atoms with van der Waals surface area (Å²) in [6, 6.07) is 9.18. The van der Waals surface area contributed by atoms with E-state index in [0.29, 0.717) is 11.1 Å². The van der Waals surface area contributed by atoms with Gasteiger partial charge in [-0.15, -0.1) is 11.3 Å². The summed E-state index contributed by atoms with van der Waals surface area (Å²) in [6.45, 7) is 13.2. The summed E-state index contributed by atoms with van der Waals surface area (Å²) in [7, 11) is 0. The summed E-state index contributed by atoms with van der Waals surface area (Å²) in [5.41, 5.74) is 1.81. The van der Waals surface area contributed by atoms with Crippen molar-refractivity contribution in [1.82, 2.24) is 0 Å². The molecular weight excluding hydrogens is 354 g/mol. The maximum atomic E-state index is 14.6. The van der Waals surface area contributed by atoms with Gasteiger partial charge < -0.3 is 0 Å². The highest BCUT2D eigenvalue weighted by atomic mass is 32.1. The molecule has 0 amide bonds. The van der Waals surface area contributed by atoms with E-state index >= 15 is 0 Å². The molecule has 1 aromatic heterocycles. The van der Waals surface area contributed by atoms with Crippen molar-refractivity contribution in [3.05, 3.63) is 77.2 Å². The van der Waals surface area contributed by atoms with Crippen LogP contribution >= 0.6 is 24.0 Å². The number of thiol groups is 1. The Balaban J connectivity index is 0.000000730. The molecule has 0 saturated carbocycles. The monoisotopic (exact) mass is 378 g/mol. The van der Waals surface area contributed by atoms with Crippen LogP contribution in [0.1, 0.15) is 29.9 Å². The Morgan fingerprint density at radius 2 is 1.68 bits per heavy atom. The zero-order valence-corrected chi connectivity index (χ0v) is 16.8. The Hall–Kier alpha value is -1.65. The lowest BCUT2D eigenvalue weighted by Crippen LogP contribution is -2.12. The zero-order valence-electron chi connectivity index (χ0n) is 15.1. The van der Waals surface area contributed by atoms with Crippen LogP contribution in [0, 0.1) is 6.92 Å². The summed E-state index contributed by atoms with van der Waals surface area (Å²) in [5, 5.41) is 0. The standard InChI is InChI=1S/C18H14F2S.C2H6.CH4S/c1-4-13-14-8-7-12(17-9-6-11(3)21-17)10-16(14)18(19,20)15(13)5-2;2*1-2/h4-10H,1-2H2,3H3;1-2H3;2H,1H3. The van der Waals surface area contributed by atoms with Gasteiger partial charge in [0.05, 0.1) is 0 Å². The summed E-state index contributed by atoms with van der Waals surface area (Å²) in [4.78, 5) is 2.16. The molecule has 0 spiro atoms. The molecule has 1 aromatic carbocycles. The Bertz CT molecular complexity index is 783. The van der Waals surface area contributed by atoms with Gasteiger partial charge in [0.1, 0.15) is 0 Å². The molecule has 0 fully saturated rings. The van der Waals surface area contributed by atoms with Gasteiger partial charge in [0.15, 0.2) is 0 Å². The minimum atomic E-state index is -3.01. The van der Waals surface area contributed by atoms with Crippen molar-refractivity contribution in [2.24, 2.45) is 0 Å². The van der Waals surface area contributed by atoms with Crippen LogP contribution in [0.15, 0.2) is 61.2 Å². The van der Waals surface area contributed by atoms with Gasteiger partial charge in [-0.2, -0.15) is 21.4 Å². The van der Waals surface area contributed by atoms with Gasteiger partial charge in [0.25, 0.3) is 5.92 Å². The van der Waals surface area contributed by atoms with Crippen LogP contribution in [0.2, 0.25) is 0 Å². The van der Waals surface area contributed by atoms with Gasteiger partial charge in [-0.1, -0.05) is 51.3 Å². The predicted molar refractivity (Wildman–Crippen MR) is 112 cm³/mol. The van der Waals surface area contributed by atoms with Crippen molar-refractivity contribution in [3.8, 4) is 10.4 Å². The third kappa shape index (κ3) is 3.96. The van der Waals surface area contributed by atoms with E-state index in [1.807, 2.05) is 39.0 Å². The molecule has 2 aromatic rings. The summed E-state index contributed by atoms with van der Waals surface area (Å²) in [6.07, 6.45) is 4.40. The van der Waals surface area contributed by atoms with Gasteiger partial charge in [-0.25, -0.2) is 0 Å². The Morgan fingerprint density at radius 1 is 1.04 bits per heavy atom. The van der Waals surface area contributed by atoms with E-state index in [0.717, 1.165) is 15.3 Å². The van der Waals surface area contributed by atoms with E-state index in [1.54, 1.807) is 29.7 Å². The Kier molecular flexibility index (Phi) is 7.84. The molecule has 1 heterocycles. The SMILES string of the molecule is C=CC1=C(C=C)C(F)(F)c2cc(-c3ccc(C)s3)ccc21.CC.CS. The number of rotatable bonds is 3. The molecule has 0 atom stereocenters. The van der Waals surface area contributed by atoms with Crippen LogP contribution in [0.4, 0.5) is 8.78 Å². The molecule has 4 heteroatoms. The Labute approximate surface area is 159 Å². The average molecular weight is 379 g/mol. The molecule has 25 heavy (non-hydrogen) atoms. The van der Waals surface area contributed by atoms with Crippen LogP contribution < -0.4 is 0 Å². The fourth-order valence-electron chi connectivity index (χ4n) is 2.70. The van der Waals surface area contributed by atoms with Crippen LogP contribution in [0.3, 0.4) is 0 Å². The molecule has 0 unspecified atom stereocenters. The van der Waals surface area contributed by atoms with Crippen LogP contribution in [-0.4, -0.2) is 6.26 Å². The lowest BCUT2D eigenvalue weighted by Gasteiger charge is -2.14. The van der Waals surface area contributed by atoms with Crippen molar-refractivity contribution in [2.45, 2.75) is 26.7 Å². The number of aryl methyl sites for hydroxylation is 1.